The second-order valence-corrected chi connectivity index (χ2v) is 3.37. The Hall–Kier alpha value is -1.03. The van der Waals surface area contributed by atoms with Crippen molar-refractivity contribution in [3.8, 4) is 0 Å². The minimum absolute atomic E-state index is 0.214. The quantitative estimate of drug-likeness (QED) is 0.863. The molecule has 0 unspecified atom stereocenters. The number of rotatable bonds is 4. The lowest BCUT2D eigenvalue weighted by Gasteiger charge is -2.12. The fourth-order valence-corrected chi connectivity index (χ4v) is 1.08. The molecule has 2 nitrogen and oxygen atoms in total. The van der Waals surface area contributed by atoms with Gasteiger partial charge in [0, 0.05) is 18.3 Å². The maximum absolute atomic E-state index is 12.8. The van der Waals surface area contributed by atoms with Crippen LogP contribution in [0.25, 0.3) is 0 Å². The van der Waals surface area contributed by atoms with Gasteiger partial charge in [-0.2, -0.15) is 0 Å². The smallest absolute Gasteiger partial charge is 0.260 e. The molecule has 0 aliphatic heterocycles. The van der Waals surface area contributed by atoms with Gasteiger partial charge in [0.15, 0.2) is 0 Å². The van der Waals surface area contributed by atoms with Crippen molar-refractivity contribution in [1.82, 2.24) is 4.98 Å². The normalized spacial score (nSPS) is 10.6. The van der Waals surface area contributed by atoms with E-state index >= 15 is 0 Å². The van der Waals surface area contributed by atoms with Gasteiger partial charge in [0.05, 0.1) is 6.54 Å². The highest BCUT2D eigenvalue weighted by Crippen LogP contribution is 2.19. The second-order valence-electron chi connectivity index (χ2n) is 3.37. The molecule has 4 heteroatoms. The van der Waals surface area contributed by atoms with Gasteiger partial charge in [0.1, 0.15) is 0 Å². The van der Waals surface area contributed by atoms with E-state index in [1.807, 2.05) is 32.9 Å². The van der Waals surface area contributed by atoms with Crippen molar-refractivity contribution in [3.05, 3.63) is 29.6 Å². The maximum atomic E-state index is 12.8. The Morgan fingerprint density at radius 2 is 1.94 bits per heavy atom. The molecule has 0 atom stereocenters. The summed E-state index contributed by atoms with van der Waals surface area (Å²) < 4.78 is 25.5. The molecule has 0 aliphatic carbocycles. The Labute approximate surface area is 95.9 Å². The molecule has 0 saturated heterocycles. The van der Waals surface area contributed by atoms with Gasteiger partial charge in [-0.1, -0.05) is 19.9 Å². The molecule has 0 amide bonds. The number of alkyl halides is 2. The molecular weight excluding hydrogens is 210 g/mol. The van der Waals surface area contributed by atoms with Gasteiger partial charge in [-0.15, -0.1) is 0 Å². The third-order valence-corrected chi connectivity index (χ3v) is 2.05. The molecule has 0 fully saturated rings. The third-order valence-electron chi connectivity index (χ3n) is 2.05. The summed E-state index contributed by atoms with van der Waals surface area (Å²) >= 11 is 0. The van der Waals surface area contributed by atoms with Crippen molar-refractivity contribution in [2.75, 3.05) is 6.54 Å². The molecule has 92 valence electrons. The minimum atomic E-state index is -2.76. The Bertz CT molecular complexity index is 284. The van der Waals surface area contributed by atoms with Crippen LogP contribution in [0.1, 0.15) is 31.5 Å². The number of nitrogens with two attached hydrogens (primary N) is 1. The largest absolute Gasteiger partial charge is 0.325 e. The van der Waals surface area contributed by atoms with Crippen LogP contribution in [0.5, 0.6) is 0 Å². The van der Waals surface area contributed by atoms with Crippen LogP contribution in [-0.4, -0.2) is 17.5 Å². The maximum Gasteiger partial charge on any atom is 0.260 e. The van der Waals surface area contributed by atoms with Crippen LogP contribution in [0.2, 0.25) is 0 Å². The van der Waals surface area contributed by atoms with Gasteiger partial charge >= 0.3 is 0 Å². The fourth-order valence-electron chi connectivity index (χ4n) is 1.08. The topological polar surface area (TPSA) is 38.9 Å². The van der Waals surface area contributed by atoms with Crippen molar-refractivity contribution < 1.29 is 8.78 Å². The summed E-state index contributed by atoms with van der Waals surface area (Å²) in [6, 6.07) is 3.63. The van der Waals surface area contributed by atoms with Gasteiger partial charge in [-0.3, -0.25) is 4.98 Å². The Morgan fingerprint density at radius 3 is 2.38 bits per heavy atom. The molecule has 0 radical (unpaired) electrons. The van der Waals surface area contributed by atoms with Crippen molar-refractivity contribution >= 4 is 0 Å². The highest BCUT2D eigenvalue weighted by Gasteiger charge is 2.25. The van der Waals surface area contributed by atoms with Crippen molar-refractivity contribution in [2.45, 2.75) is 39.5 Å². The first-order valence-corrected chi connectivity index (χ1v) is 5.53. The number of halogens is 2. The van der Waals surface area contributed by atoms with Gasteiger partial charge in [-0.25, -0.2) is 8.78 Å². The number of nitrogens with zero attached hydrogens (tertiary/aromatic N) is 1. The van der Waals surface area contributed by atoms with E-state index in [1.54, 1.807) is 6.20 Å². The highest BCUT2D eigenvalue weighted by molar-refractivity contribution is 5.13. The highest BCUT2D eigenvalue weighted by atomic mass is 19.3. The molecule has 0 spiro atoms. The summed E-state index contributed by atoms with van der Waals surface area (Å²) in [5.74, 6) is -2.76. The molecule has 0 aromatic carbocycles. The standard InChI is InChI=1S/C10H14F2N2.C2H6/c1-8-2-3-9(6-14-8)4-5-10(11,12)7-13;1-2/h2-3,6H,4-5,7,13H2,1H3;1-2H3. The van der Waals surface area contributed by atoms with Crippen LogP contribution in [0.3, 0.4) is 0 Å². The van der Waals surface area contributed by atoms with E-state index in [-0.39, 0.29) is 6.42 Å². The van der Waals surface area contributed by atoms with Crippen LogP contribution in [-0.2, 0) is 6.42 Å². The molecule has 1 heterocycles. The van der Waals surface area contributed by atoms with Gasteiger partial charge in [0.25, 0.3) is 5.92 Å². The van der Waals surface area contributed by atoms with Crippen LogP contribution in [0.4, 0.5) is 8.78 Å². The summed E-state index contributed by atoms with van der Waals surface area (Å²) in [6.45, 7) is 5.27. The first kappa shape index (κ1) is 15.0. The van der Waals surface area contributed by atoms with Gasteiger partial charge < -0.3 is 5.73 Å². The predicted octanol–water partition coefficient (Wildman–Crippen LogP) is 2.94. The molecule has 0 bridgehead atoms. The SMILES string of the molecule is CC.Cc1ccc(CCC(F)(F)CN)cn1. The first-order chi connectivity index (χ1) is 7.53. The van der Waals surface area contributed by atoms with Crippen molar-refractivity contribution in [1.29, 1.82) is 0 Å². The summed E-state index contributed by atoms with van der Waals surface area (Å²) in [7, 11) is 0. The number of hydrogen-bond acceptors (Lipinski definition) is 2. The Balaban J connectivity index is 0.00000106. The fraction of sp³-hybridized carbons (Fsp3) is 0.583. The zero-order valence-electron chi connectivity index (χ0n) is 10.1. The molecule has 1 aromatic rings. The molecular formula is C12H20F2N2. The Morgan fingerprint density at radius 1 is 1.31 bits per heavy atom. The van der Waals surface area contributed by atoms with E-state index in [9.17, 15) is 8.78 Å². The number of aromatic nitrogens is 1. The number of pyridine rings is 1. The number of hydrogen-bond donors (Lipinski definition) is 1. The lowest BCUT2D eigenvalue weighted by atomic mass is 10.1. The molecule has 1 aromatic heterocycles. The monoisotopic (exact) mass is 230 g/mol. The van der Waals surface area contributed by atoms with Crippen LogP contribution in [0.15, 0.2) is 18.3 Å². The average Bonchev–Trinajstić information content (AvgIpc) is 2.31. The van der Waals surface area contributed by atoms with Crippen LogP contribution < -0.4 is 5.73 Å². The number of aryl methyl sites for hydroxylation is 2. The second kappa shape index (κ2) is 7.28. The van der Waals surface area contributed by atoms with Crippen LogP contribution in [0, 0.1) is 6.92 Å². The molecule has 1 rings (SSSR count). The van der Waals surface area contributed by atoms with Gasteiger partial charge in [0.2, 0.25) is 0 Å². The van der Waals surface area contributed by atoms with Crippen LogP contribution >= 0.6 is 0 Å². The molecule has 0 saturated carbocycles. The third kappa shape index (κ3) is 5.75. The molecule has 2 N–H and O–H groups in total. The van der Waals surface area contributed by atoms with Gasteiger partial charge in [-0.05, 0) is 25.0 Å². The lowest BCUT2D eigenvalue weighted by molar-refractivity contribution is 0.00245. The van der Waals surface area contributed by atoms with Crippen molar-refractivity contribution in [3.63, 3.8) is 0 Å². The molecule has 16 heavy (non-hydrogen) atoms. The van der Waals surface area contributed by atoms with E-state index in [2.05, 4.69) is 4.98 Å². The average molecular weight is 230 g/mol. The summed E-state index contributed by atoms with van der Waals surface area (Å²) in [5.41, 5.74) is 6.64. The van der Waals surface area contributed by atoms with E-state index in [0.29, 0.717) is 6.42 Å². The van der Waals surface area contributed by atoms with E-state index in [0.717, 1.165) is 11.3 Å². The van der Waals surface area contributed by atoms with Crippen molar-refractivity contribution in [2.24, 2.45) is 5.73 Å². The minimum Gasteiger partial charge on any atom is -0.325 e. The summed E-state index contributed by atoms with van der Waals surface area (Å²) in [6.07, 6.45) is 1.73. The first-order valence-electron chi connectivity index (χ1n) is 5.53. The summed E-state index contributed by atoms with van der Waals surface area (Å²) in [5, 5.41) is 0. The molecule has 0 aliphatic rings. The zero-order chi connectivity index (χ0) is 12.6. The lowest BCUT2D eigenvalue weighted by Crippen LogP contribution is -2.28. The Kier molecular flexibility index (Phi) is 6.81. The summed E-state index contributed by atoms with van der Waals surface area (Å²) in [4.78, 5) is 4.03. The predicted molar refractivity (Wildman–Crippen MR) is 62.6 cm³/mol. The van der Waals surface area contributed by atoms with E-state index in [1.165, 1.54) is 0 Å². The zero-order valence-corrected chi connectivity index (χ0v) is 10.1. The van der Waals surface area contributed by atoms with E-state index < -0.39 is 12.5 Å². The van der Waals surface area contributed by atoms with E-state index in [4.69, 9.17) is 5.73 Å².